The van der Waals surface area contributed by atoms with Crippen LogP contribution in [0.4, 0.5) is 0 Å². The quantitative estimate of drug-likeness (QED) is 0.687. The zero-order valence-corrected chi connectivity index (χ0v) is 14.4. The summed E-state index contributed by atoms with van der Waals surface area (Å²) < 4.78 is 0. The van der Waals surface area contributed by atoms with E-state index in [0.29, 0.717) is 30.0 Å². The molecule has 128 valence electrons. The normalized spacial score (nSPS) is 11.8. The van der Waals surface area contributed by atoms with E-state index >= 15 is 0 Å². The van der Waals surface area contributed by atoms with Crippen LogP contribution in [-0.2, 0) is 6.54 Å². The Kier molecular flexibility index (Phi) is 6.96. The molecule has 2 aromatic rings. The number of hydrogen-bond acceptors (Lipinski definition) is 4. The van der Waals surface area contributed by atoms with Gasteiger partial charge in [-0.2, -0.15) is 0 Å². The van der Waals surface area contributed by atoms with Gasteiger partial charge in [0.25, 0.3) is 11.8 Å². The van der Waals surface area contributed by atoms with Crippen LogP contribution in [-0.4, -0.2) is 30.1 Å². The standard InChI is InChI=1S/C18H22N2O3S/c1-13(8-9-21)11-19-17(22)15-6-4-14(5-7-15)12-20-18(23)16-3-2-10-24-16/h2-7,10,13,21H,8-9,11-12H2,1H3,(H,19,22)(H,20,23). The molecule has 0 radical (unpaired) electrons. The average Bonchev–Trinajstić information content (AvgIpc) is 3.13. The van der Waals surface area contributed by atoms with Crippen LogP contribution >= 0.6 is 11.3 Å². The van der Waals surface area contributed by atoms with Gasteiger partial charge in [0.15, 0.2) is 0 Å². The Morgan fingerprint density at radius 1 is 1.12 bits per heavy atom. The van der Waals surface area contributed by atoms with Crippen LogP contribution in [0.5, 0.6) is 0 Å². The molecule has 5 nitrogen and oxygen atoms in total. The lowest BCUT2D eigenvalue weighted by molar-refractivity contribution is 0.0940. The van der Waals surface area contributed by atoms with Gasteiger partial charge in [0, 0.05) is 25.3 Å². The number of benzene rings is 1. The van der Waals surface area contributed by atoms with E-state index in [9.17, 15) is 9.59 Å². The molecular formula is C18H22N2O3S. The molecule has 0 bridgehead atoms. The SMILES string of the molecule is CC(CCO)CNC(=O)c1ccc(CNC(=O)c2cccs2)cc1. The molecule has 1 aromatic carbocycles. The predicted molar refractivity (Wildman–Crippen MR) is 95.1 cm³/mol. The summed E-state index contributed by atoms with van der Waals surface area (Å²) in [5, 5.41) is 16.4. The maximum Gasteiger partial charge on any atom is 0.261 e. The molecular weight excluding hydrogens is 324 g/mol. The van der Waals surface area contributed by atoms with Crippen LogP contribution in [0, 0.1) is 5.92 Å². The molecule has 3 N–H and O–H groups in total. The molecule has 0 aliphatic heterocycles. The fourth-order valence-corrected chi connectivity index (χ4v) is 2.78. The molecule has 1 unspecified atom stereocenters. The molecule has 0 fully saturated rings. The number of aliphatic hydroxyl groups is 1. The van der Waals surface area contributed by atoms with Gasteiger partial charge < -0.3 is 15.7 Å². The molecule has 0 saturated heterocycles. The molecule has 2 amide bonds. The summed E-state index contributed by atoms with van der Waals surface area (Å²) in [6.45, 7) is 3.07. The number of amides is 2. The largest absolute Gasteiger partial charge is 0.396 e. The minimum atomic E-state index is -0.131. The molecule has 0 aliphatic carbocycles. The Hall–Kier alpha value is -2.18. The maximum atomic E-state index is 12.0. The van der Waals surface area contributed by atoms with Gasteiger partial charge in [0.1, 0.15) is 0 Å². The van der Waals surface area contributed by atoms with E-state index < -0.39 is 0 Å². The van der Waals surface area contributed by atoms with E-state index in [1.54, 1.807) is 18.2 Å². The van der Waals surface area contributed by atoms with Gasteiger partial charge in [-0.3, -0.25) is 9.59 Å². The number of thiophene rings is 1. The summed E-state index contributed by atoms with van der Waals surface area (Å²) >= 11 is 1.40. The van der Waals surface area contributed by atoms with Crippen molar-refractivity contribution in [2.24, 2.45) is 5.92 Å². The van der Waals surface area contributed by atoms with Gasteiger partial charge in [-0.05, 0) is 41.5 Å². The molecule has 1 atom stereocenters. The molecule has 0 saturated carbocycles. The van der Waals surface area contributed by atoms with Gasteiger partial charge >= 0.3 is 0 Å². The summed E-state index contributed by atoms with van der Waals surface area (Å²) in [5.74, 6) is 0.0179. The molecule has 2 rings (SSSR count). The van der Waals surface area contributed by atoms with Crippen molar-refractivity contribution in [2.75, 3.05) is 13.2 Å². The second-order valence-corrected chi connectivity index (χ2v) is 6.63. The number of hydrogen-bond donors (Lipinski definition) is 3. The van der Waals surface area contributed by atoms with Crippen molar-refractivity contribution in [3.8, 4) is 0 Å². The van der Waals surface area contributed by atoms with Crippen LogP contribution in [0.1, 0.15) is 38.9 Å². The van der Waals surface area contributed by atoms with Crippen molar-refractivity contribution in [3.63, 3.8) is 0 Å². The number of rotatable bonds is 8. The summed E-state index contributed by atoms with van der Waals surface area (Å²) in [7, 11) is 0. The van der Waals surface area contributed by atoms with E-state index in [2.05, 4.69) is 10.6 Å². The molecule has 1 aromatic heterocycles. The fraction of sp³-hybridized carbons (Fsp3) is 0.333. The third kappa shape index (κ3) is 5.47. The summed E-state index contributed by atoms with van der Waals surface area (Å²) in [6.07, 6.45) is 0.670. The van der Waals surface area contributed by atoms with E-state index in [1.807, 2.05) is 30.5 Å². The number of nitrogens with one attached hydrogen (secondary N) is 2. The second-order valence-electron chi connectivity index (χ2n) is 5.68. The Morgan fingerprint density at radius 3 is 2.50 bits per heavy atom. The van der Waals surface area contributed by atoms with E-state index in [-0.39, 0.29) is 24.3 Å². The van der Waals surface area contributed by atoms with Gasteiger partial charge in [-0.15, -0.1) is 11.3 Å². The number of carbonyl (C=O) groups is 2. The Morgan fingerprint density at radius 2 is 1.88 bits per heavy atom. The first kappa shape index (κ1) is 18.2. The Labute approximate surface area is 145 Å². The van der Waals surface area contributed by atoms with E-state index in [0.717, 1.165) is 5.56 Å². The molecule has 6 heteroatoms. The molecule has 24 heavy (non-hydrogen) atoms. The summed E-state index contributed by atoms with van der Waals surface area (Å²) in [4.78, 5) is 24.6. The minimum Gasteiger partial charge on any atom is -0.396 e. The fourth-order valence-electron chi connectivity index (χ4n) is 2.14. The van der Waals surface area contributed by atoms with Crippen LogP contribution in [0.15, 0.2) is 41.8 Å². The van der Waals surface area contributed by atoms with Crippen LogP contribution in [0.2, 0.25) is 0 Å². The van der Waals surface area contributed by atoms with Gasteiger partial charge in [-0.25, -0.2) is 0 Å². The van der Waals surface area contributed by atoms with Crippen LogP contribution in [0.3, 0.4) is 0 Å². The topological polar surface area (TPSA) is 78.4 Å². The highest BCUT2D eigenvalue weighted by Gasteiger charge is 2.09. The zero-order valence-electron chi connectivity index (χ0n) is 13.6. The molecule has 1 heterocycles. The average molecular weight is 346 g/mol. The van der Waals surface area contributed by atoms with Crippen molar-refractivity contribution < 1.29 is 14.7 Å². The van der Waals surface area contributed by atoms with E-state index in [4.69, 9.17) is 5.11 Å². The number of carbonyl (C=O) groups excluding carboxylic acids is 2. The highest BCUT2D eigenvalue weighted by molar-refractivity contribution is 7.12. The van der Waals surface area contributed by atoms with Gasteiger partial charge in [0.05, 0.1) is 4.88 Å². The van der Waals surface area contributed by atoms with Gasteiger partial charge in [0.2, 0.25) is 0 Å². The monoisotopic (exact) mass is 346 g/mol. The first-order chi connectivity index (χ1) is 11.6. The number of aliphatic hydroxyl groups excluding tert-OH is 1. The van der Waals surface area contributed by atoms with Crippen LogP contribution < -0.4 is 10.6 Å². The minimum absolute atomic E-state index is 0.0929. The molecule has 0 aliphatic rings. The second kappa shape index (κ2) is 9.20. The first-order valence-corrected chi connectivity index (χ1v) is 8.78. The predicted octanol–water partition coefficient (Wildman–Crippen LogP) is 2.43. The van der Waals surface area contributed by atoms with Crippen molar-refractivity contribution in [2.45, 2.75) is 19.9 Å². The van der Waals surface area contributed by atoms with Crippen LogP contribution in [0.25, 0.3) is 0 Å². The third-order valence-corrected chi connectivity index (χ3v) is 4.52. The maximum absolute atomic E-state index is 12.0. The Bertz CT molecular complexity index is 653. The smallest absolute Gasteiger partial charge is 0.261 e. The first-order valence-electron chi connectivity index (χ1n) is 7.90. The van der Waals surface area contributed by atoms with Crippen molar-refractivity contribution in [3.05, 3.63) is 57.8 Å². The lowest BCUT2D eigenvalue weighted by Gasteiger charge is -2.11. The summed E-state index contributed by atoms with van der Waals surface area (Å²) in [5.41, 5.74) is 1.52. The van der Waals surface area contributed by atoms with Crippen molar-refractivity contribution in [1.82, 2.24) is 10.6 Å². The lowest BCUT2D eigenvalue weighted by atomic mass is 10.1. The third-order valence-electron chi connectivity index (χ3n) is 3.65. The zero-order chi connectivity index (χ0) is 17.4. The van der Waals surface area contributed by atoms with Crippen molar-refractivity contribution >= 4 is 23.2 Å². The molecule has 0 spiro atoms. The highest BCUT2D eigenvalue weighted by Crippen LogP contribution is 2.09. The Balaban J connectivity index is 1.81. The lowest BCUT2D eigenvalue weighted by Crippen LogP contribution is -2.28. The van der Waals surface area contributed by atoms with Crippen molar-refractivity contribution in [1.29, 1.82) is 0 Å². The summed E-state index contributed by atoms with van der Waals surface area (Å²) in [6, 6.07) is 10.8. The van der Waals surface area contributed by atoms with E-state index in [1.165, 1.54) is 11.3 Å². The highest BCUT2D eigenvalue weighted by atomic mass is 32.1. The van der Waals surface area contributed by atoms with Gasteiger partial charge in [-0.1, -0.05) is 25.1 Å².